The number of sulfonamides is 1. The molecule has 0 aliphatic carbocycles. The van der Waals surface area contributed by atoms with Gasteiger partial charge in [-0.05, 0) is 73.3 Å². The van der Waals surface area contributed by atoms with Crippen LogP contribution in [0.4, 0.5) is 15.3 Å². The molecule has 0 saturated heterocycles. The van der Waals surface area contributed by atoms with Gasteiger partial charge in [0, 0.05) is 25.7 Å². The quantitative estimate of drug-likeness (QED) is 0.136. The van der Waals surface area contributed by atoms with Crippen LogP contribution in [0.3, 0.4) is 0 Å². The number of rotatable bonds is 16. The largest absolute Gasteiger partial charge is 0.480 e. The zero-order valence-corrected chi connectivity index (χ0v) is 26.0. The Morgan fingerprint density at radius 3 is 1.90 bits per heavy atom. The lowest BCUT2D eigenvalue weighted by molar-refractivity contribution is -0.387. The second kappa shape index (κ2) is 16.2. The van der Waals surface area contributed by atoms with Crippen molar-refractivity contribution in [3.63, 3.8) is 0 Å². The summed E-state index contributed by atoms with van der Waals surface area (Å²) in [6.45, 7) is 10.5. The molecule has 1 aromatic rings. The lowest BCUT2D eigenvalue weighted by Gasteiger charge is -2.28. The Bertz CT molecular complexity index is 1180. The number of carbonyl (C=O) groups excluding carboxylic acids is 2. The number of hydrogen-bond donors (Lipinski definition) is 3. The number of nitro benzene ring substituents is 1. The Balaban J connectivity index is 2.97. The van der Waals surface area contributed by atoms with Crippen LogP contribution in [-0.2, 0) is 24.3 Å². The zero-order chi connectivity index (χ0) is 32.1. The van der Waals surface area contributed by atoms with Crippen LogP contribution in [0.25, 0.3) is 0 Å². The summed E-state index contributed by atoms with van der Waals surface area (Å²) in [5.74, 6) is -1.42. The summed E-state index contributed by atoms with van der Waals surface area (Å²) in [6.07, 6.45) is 0.661. The molecule has 1 unspecified atom stereocenters. The molecule has 1 aromatic carbocycles. The van der Waals surface area contributed by atoms with E-state index in [4.69, 9.17) is 9.47 Å². The van der Waals surface area contributed by atoms with Crippen LogP contribution < -0.4 is 10.6 Å². The molecule has 0 aromatic heterocycles. The first-order valence-corrected chi connectivity index (χ1v) is 15.2. The Labute approximate surface area is 247 Å². The number of aliphatic carboxylic acids is 1. The molecule has 2 amide bonds. The number of nitro groups is 1. The highest BCUT2D eigenvalue weighted by molar-refractivity contribution is 7.89. The van der Waals surface area contributed by atoms with E-state index in [9.17, 15) is 38.0 Å². The summed E-state index contributed by atoms with van der Waals surface area (Å²) >= 11 is 0. The van der Waals surface area contributed by atoms with Crippen LogP contribution in [0.5, 0.6) is 0 Å². The maximum Gasteiger partial charge on any atom is 0.407 e. The third-order valence-corrected chi connectivity index (χ3v) is 7.53. The van der Waals surface area contributed by atoms with E-state index in [2.05, 4.69) is 10.6 Å². The minimum Gasteiger partial charge on any atom is -0.480 e. The third kappa shape index (κ3) is 13.5. The third-order valence-electron chi connectivity index (χ3n) is 5.58. The molecule has 0 radical (unpaired) electrons. The first-order valence-electron chi connectivity index (χ1n) is 13.8. The maximum absolute atomic E-state index is 13.7. The highest BCUT2D eigenvalue weighted by Crippen LogP contribution is 2.29. The van der Waals surface area contributed by atoms with Gasteiger partial charge in [0.05, 0.1) is 4.92 Å². The molecule has 15 heteroatoms. The van der Waals surface area contributed by atoms with Crippen LogP contribution in [0.15, 0.2) is 29.2 Å². The number of benzene rings is 1. The fourth-order valence-electron chi connectivity index (χ4n) is 3.84. The van der Waals surface area contributed by atoms with Gasteiger partial charge in [0.2, 0.25) is 0 Å². The number of carbonyl (C=O) groups is 3. The molecule has 0 aliphatic heterocycles. The van der Waals surface area contributed by atoms with Crippen molar-refractivity contribution in [1.29, 1.82) is 0 Å². The summed E-state index contributed by atoms with van der Waals surface area (Å²) < 4.78 is 38.4. The van der Waals surface area contributed by atoms with Crippen LogP contribution in [0.1, 0.15) is 80.1 Å². The molecule has 0 bridgehead atoms. The zero-order valence-electron chi connectivity index (χ0n) is 25.2. The highest BCUT2D eigenvalue weighted by Gasteiger charge is 2.38. The van der Waals surface area contributed by atoms with Crippen molar-refractivity contribution in [3.8, 4) is 0 Å². The van der Waals surface area contributed by atoms with Gasteiger partial charge < -0.3 is 25.2 Å². The van der Waals surface area contributed by atoms with E-state index in [1.165, 1.54) is 12.1 Å². The molecule has 3 N–H and O–H groups in total. The number of nitrogens with zero attached hydrogens (tertiary/aromatic N) is 2. The van der Waals surface area contributed by atoms with Crippen molar-refractivity contribution in [1.82, 2.24) is 14.9 Å². The van der Waals surface area contributed by atoms with E-state index in [-0.39, 0.29) is 32.4 Å². The molecule has 42 heavy (non-hydrogen) atoms. The second-order valence-corrected chi connectivity index (χ2v) is 13.5. The lowest BCUT2D eigenvalue weighted by Crippen LogP contribution is -2.46. The Morgan fingerprint density at radius 1 is 0.905 bits per heavy atom. The Hall–Kier alpha value is -3.46. The summed E-state index contributed by atoms with van der Waals surface area (Å²) in [5.41, 5.74) is -2.01. The fraction of sp³-hybridized carbons (Fsp3) is 0.667. The van der Waals surface area contributed by atoms with Gasteiger partial charge in [0.1, 0.15) is 17.2 Å². The normalized spacial score (nSPS) is 12.8. The summed E-state index contributed by atoms with van der Waals surface area (Å²) in [7, 11) is -4.60. The molecule has 0 heterocycles. The lowest BCUT2D eigenvalue weighted by atomic mass is 10.1. The molecule has 1 atom stereocenters. The topological polar surface area (TPSA) is 194 Å². The smallest absolute Gasteiger partial charge is 0.407 e. The highest BCUT2D eigenvalue weighted by atomic mass is 32.2. The first kappa shape index (κ1) is 36.6. The number of nitrogens with one attached hydrogen (secondary N) is 2. The predicted molar refractivity (Wildman–Crippen MR) is 155 cm³/mol. The average molecular weight is 617 g/mol. The second-order valence-electron chi connectivity index (χ2n) is 11.6. The van der Waals surface area contributed by atoms with Crippen molar-refractivity contribution in [3.05, 3.63) is 34.4 Å². The number of unbranched alkanes of at least 4 members (excludes halogenated alkanes) is 3. The van der Waals surface area contributed by atoms with Crippen LogP contribution in [0, 0.1) is 10.1 Å². The number of hydrogen-bond acceptors (Lipinski definition) is 9. The molecular weight excluding hydrogens is 572 g/mol. The molecule has 0 spiro atoms. The van der Waals surface area contributed by atoms with Gasteiger partial charge >= 0.3 is 18.2 Å². The van der Waals surface area contributed by atoms with E-state index < -0.39 is 60.9 Å². The van der Waals surface area contributed by atoms with E-state index in [0.717, 1.165) is 16.4 Å². The van der Waals surface area contributed by atoms with E-state index >= 15 is 0 Å². The Morgan fingerprint density at radius 2 is 1.40 bits per heavy atom. The van der Waals surface area contributed by atoms with Crippen LogP contribution in [0.2, 0.25) is 0 Å². The molecule has 0 aliphatic rings. The SMILES string of the molecule is CC(C)(C)OC(=O)NCCCCCCN(C(CCCNC(=O)OC(C)(C)C)C(=O)O)S(=O)(=O)c1ccccc1[N+](=O)[O-]. The number of amides is 2. The minimum atomic E-state index is -4.60. The van der Waals surface area contributed by atoms with Gasteiger partial charge in [-0.1, -0.05) is 25.0 Å². The van der Waals surface area contributed by atoms with Gasteiger partial charge in [0.15, 0.2) is 4.90 Å². The monoisotopic (exact) mass is 616 g/mol. The van der Waals surface area contributed by atoms with E-state index in [1.807, 2.05) is 0 Å². The van der Waals surface area contributed by atoms with Gasteiger partial charge in [-0.25, -0.2) is 18.0 Å². The molecule has 0 fully saturated rings. The first-order chi connectivity index (χ1) is 19.3. The van der Waals surface area contributed by atoms with E-state index in [1.54, 1.807) is 41.5 Å². The Kier molecular flexibility index (Phi) is 14.1. The fourth-order valence-corrected chi connectivity index (χ4v) is 5.65. The summed E-state index contributed by atoms with van der Waals surface area (Å²) in [5, 5.41) is 26.7. The van der Waals surface area contributed by atoms with Gasteiger partial charge in [-0.15, -0.1) is 0 Å². The minimum absolute atomic E-state index is 0.0305. The van der Waals surface area contributed by atoms with Gasteiger partial charge in [-0.3, -0.25) is 14.9 Å². The van der Waals surface area contributed by atoms with Gasteiger partial charge in [-0.2, -0.15) is 4.31 Å². The molecule has 14 nitrogen and oxygen atoms in total. The number of alkyl carbamates (subject to hydrolysis) is 2. The molecule has 238 valence electrons. The van der Waals surface area contributed by atoms with Crippen molar-refractivity contribution < 1.29 is 42.3 Å². The predicted octanol–water partition coefficient (Wildman–Crippen LogP) is 4.43. The average Bonchev–Trinajstić information content (AvgIpc) is 2.84. The molecular formula is C27H44N4O10S. The standard InChI is InChI=1S/C27H44N4O10S/c1-26(2,3)40-24(34)28-17-11-7-8-12-19-30(42(38,39)22-16-10-9-14-20(22)31(36)37)21(23(32)33)15-13-18-29-25(35)41-27(4,5)6/h9-10,14,16,21H,7-8,11-13,15,17-19H2,1-6H3,(H,28,34)(H,29,35)(H,32,33). The summed E-state index contributed by atoms with van der Waals surface area (Å²) in [4.78, 5) is 46.1. The van der Waals surface area contributed by atoms with Crippen LogP contribution >= 0.6 is 0 Å². The maximum atomic E-state index is 13.7. The number of ether oxygens (including phenoxy) is 2. The van der Waals surface area contributed by atoms with Crippen molar-refractivity contribution in [2.24, 2.45) is 0 Å². The van der Waals surface area contributed by atoms with Gasteiger partial charge in [0.25, 0.3) is 15.7 Å². The van der Waals surface area contributed by atoms with Crippen LogP contribution in [-0.4, -0.2) is 77.8 Å². The van der Waals surface area contributed by atoms with Crippen molar-refractivity contribution in [2.45, 2.75) is 102 Å². The van der Waals surface area contributed by atoms with Crippen molar-refractivity contribution in [2.75, 3.05) is 19.6 Å². The number of carboxylic acids is 1. The van der Waals surface area contributed by atoms with E-state index in [0.29, 0.717) is 25.8 Å². The molecule has 1 rings (SSSR count). The number of carboxylic acid groups (broad SMARTS) is 1. The van der Waals surface area contributed by atoms with Crippen molar-refractivity contribution >= 4 is 33.9 Å². The number of para-hydroxylation sites is 1. The molecule has 0 saturated carbocycles. The summed E-state index contributed by atoms with van der Waals surface area (Å²) in [6, 6.07) is 3.24.